The maximum atomic E-state index is 11.9. The summed E-state index contributed by atoms with van der Waals surface area (Å²) >= 11 is 0. The number of nitrogens with one attached hydrogen (secondary N) is 2. The van der Waals surface area contributed by atoms with Gasteiger partial charge < -0.3 is 10.6 Å². The SMILES string of the molecule is Cc1cnccc1CNC(=O)[C@@H]1CCCCN1. The molecule has 1 aliphatic heterocycles. The van der Waals surface area contributed by atoms with Gasteiger partial charge in [0, 0.05) is 18.9 Å². The zero-order chi connectivity index (χ0) is 12.1. The van der Waals surface area contributed by atoms with E-state index in [0.29, 0.717) is 6.54 Å². The second-order valence-corrected chi connectivity index (χ2v) is 4.52. The Balaban J connectivity index is 1.85. The number of carbonyl (C=O) groups excluding carboxylic acids is 1. The largest absolute Gasteiger partial charge is 0.351 e. The summed E-state index contributed by atoms with van der Waals surface area (Å²) in [5, 5.41) is 6.23. The minimum atomic E-state index is -0.00843. The van der Waals surface area contributed by atoms with E-state index < -0.39 is 0 Å². The Morgan fingerprint density at radius 2 is 2.47 bits per heavy atom. The van der Waals surface area contributed by atoms with Crippen LogP contribution in [0.2, 0.25) is 0 Å². The fourth-order valence-corrected chi connectivity index (χ4v) is 2.08. The molecule has 2 N–H and O–H groups in total. The third-order valence-electron chi connectivity index (χ3n) is 3.22. The predicted octanol–water partition coefficient (Wildman–Crippen LogP) is 1.15. The van der Waals surface area contributed by atoms with Crippen molar-refractivity contribution in [2.24, 2.45) is 0 Å². The lowest BCUT2D eigenvalue weighted by Gasteiger charge is -2.22. The van der Waals surface area contributed by atoms with E-state index in [0.717, 1.165) is 30.5 Å². The maximum Gasteiger partial charge on any atom is 0.237 e. The number of aryl methyl sites for hydroxylation is 1. The van der Waals surface area contributed by atoms with Crippen molar-refractivity contribution in [2.75, 3.05) is 6.54 Å². The lowest BCUT2D eigenvalue weighted by molar-refractivity contribution is -0.123. The van der Waals surface area contributed by atoms with Gasteiger partial charge in [-0.1, -0.05) is 6.42 Å². The van der Waals surface area contributed by atoms with Crippen molar-refractivity contribution < 1.29 is 4.79 Å². The summed E-state index contributed by atoms with van der Waals surface area (Å²) in [7, 11) is 0. The molecule has 1 fully saturated rings. The molecular weight excluding hydrogens is 214 g/mol. The second-order valence-electron chi connectivity index (χ2n) is 4.52. The Morgan fingerprint density at radius 3 is 3.18 bits per heavy atom. The molecule has 2 heterocycles. The van der Waals surface area contributed by atoms with E-state index in [1.165, 1.54) is 6.42 Å². The van der Waals surface area contributed by atoms with E-state index >= 15 is 0 Å². The molecule has 1 amide bonds. The van der Waals surface area contributed by atoms with Gasteiger partial charge in [-0.2, -0.15) is 0 Å². The molecular formula is C13H19N3O. The number of carbonyl (C=O) groups is 1. The highest BCUT2D eigenvalue weighted by atomic mass is 16.2. The summed E-state index contributed by atoms with van der Waals surface area (Å²) in [6.07, 6.45) is 6.83. The molecule has 0 aromatic carbocycles. The van der Waals surface area contributed by atoms with Crippen LogP contribution >= 0.6 is 0 Å². The summed E-state index contributed by atoms with van der Waals surface area (Å²) in [4.78, 5) is 15.9. The van der Waals surface area contributed by atoms with E-state index in [1.54, 1.807) is 6.20 Å². The predicted molar refractivity (Wildman–Crippen MR) is 66.5 cm³/mol. The summed E-state index contributed by atoms with van der Waals surface area (Å²) in [5.74, 6) is 0.112. The van der Waals surface area contributed by atoms with Crippen LogP contribution in [0, 0.1) is 6.92 Å². The van der Waals surface area contributed by atoms with Crippen LogP contribution in [0.25, 0.3) is 0 Å². The van der Waals surface area contributed by atoms with Gasteiger partial charge in [0.05, 0.1) is 6.04 Å². The third kappa shape index (κ3) is 3.27. The Kier molecular flexibility index (Phi) is 4.09. The number of hydrogen-bond acceptors (Lipinski definition) is 3. The average molecular weight is 233 g/mol. The molecule has 0 saturated carbocycles. The molecule has 0 unspecified atom stereocenters. The van der Waals surface area contributed by atoms with Crippen LogP contribution in [0.3, 0.4) is 0 Å². The molecule has 4 heteroatoms. The molecule has 1 aromatic rings. The number of piperidine rings is 1. The van der Waals surface area contributed by atoms with Gasteiger partial charge in [0.15, 0.2) is 0 Å². The number of amides is 1. The lowest BCUT2D eigenvalue weighted by Crippen LogP contribution is -2.46. The van der Waals surface area contributed by atoms with Crippen molar-refractivity contribution >= 4 is 5.91 Å². The fraction of sp³-hybridized carbons (Fsp3) is 0.538. The normalized spacial score (nSPS) is 19.9. The number of aromatic nitrogens is 1. The topological polar surface area (TPSA) is 54.0 Å². The Labute approximate surface area is 102 Å². The molecule has 0 aliphatic carbocycles. The number of nitrogens with zero attached hydrogens (tertiary/aromatic N) is 1. The molecule has 1 aliphatic rings. The van der Waals surface area contributed by atoms with Crippen LogP contribution in [0.15, 0.2) is 18.5 Å². The van der Waals surface area contributed by atoms with Crippen LogP contribution in [-0.2, 0) is 11.3 Å². The number of hydrogen-bond donors (Lipinski definition) is 2. The molecule has 0 spiro atoms. The molecule has 1 aromatic heterocycles. The molecule has 1 saturated heterocycles. The van der Waals surface area contributed by atoms with Crippen molar-refractivity contribution in [1.82, 2.24) is 15.6 Å². The first-order chi connectivity index (χ1) is 8.27. The standard InChI is InChI=1S/C13H19N3O/c1-10-8-14-7-5-11(10)9-16-13(17)12-4-2-3-6-15-12/h5,7-8,12,15H,2-4,6,9H2,1H3,(H,16,17)/t12-/m0/s1. The first kappa shape index (κ1) is 12.0. The second kappa shape index (κ2) is 5.77. The molecule has 1 atom stereocenters. The van der Waals surface area contributed by atoms with Crippen LogP contribution in [0.4, 0.5) is 0 Å². The number of rotatable bonds is 3. The van der Waals surface area contributed by atoms with Gasteiger partial charge in [0.2, 0.25) is 5.91 Å². The average Bonchev–Trinajstić information content (AvgIpc) is 2.38. The first-order valence-corrected chi connectivity index (χ1v) is 6.18. The molecule has 17 heavy (non-hydrogen) atoms. The molecule has 2 rings (SSSR count). The molecule has 4 nitrogen and oxygen atoms in total. The highest BCUT2D eigenvalue weighted by Crippen LogP contribution is 2.08. The van der Waals surface area contributed by atoms with E-state index in [4.69, 9.17) is 0 Å². The van der Waals surface area contributed by atoms with Gasteiger partial charge in [-0.3, -0.25) is 9.78 Å². The monoisotopic (exact) mass is 233 g/mol. The van der Waals surface area contributed by atoms with E-state index in [1.807, 2.05) is 19.2 Å². The highest BCUT2D eigenvalue weighted by molar-refractivity contribution is 5.81. The maximum absolute atomic E-state index is 11.9. The van der Waals surface area contributed by atoms with Gasteiger partial charge in [0.25, 0.3) is 0 Å². The minimum absolute atomic E-state index is 0.00843. The molecule has 0 bridgehead atoms. The Bertz CT molecular complexity index is 386. The Morgan fingerprint density at radius 1 is 1.59 bits per heavy atom. The minimum Gasteiger partial charge on any atom is -0.351 e. The third-order valence-corrected chi connectivity index (χ3v) is 3.22. The van der Waals surface area contributed by atoms with Crippen molar-refractivity contribution in [2.45, 2.75) is 38.8 Å². The highest BCUT2D eigenvalue weighted by Gasteiger charge is 2.19. The van der Waals surface area contributed by atoms with Crippen molar-refractivity contribution in [3.63, 3.8) is 0 Å². The summed E-state index contributed by atoms with van der Waals surface area (Å²) in [6.45, 7) is 3.55. The van der Waals surface area contributed by atoms with E-state index in [2.05, 4.69) is 15.6 Å². The zero-order valence-corrected chi connectivity index (χ0v) is 10.2. The quantitative estimate of drug-likeness (QED) is 0.823. The van der Waals surface area contributed by atoms with Crippen LogP contribution in [0.5, 0.6) is 0 Å². The zero-order valence-electron chi connectivity index (χ0n) is 10.2. The van der Waals surface area contributed by atoms with Gasteiger partial charge in [-0.05, 0) is 43.5 Å². The van der Waals surface area contributed by atoms with Gasteiger partial charge in [-0.15, -0.1) is 0 Å². The lowest BCUT2D eigenvalue weighted by atomic mass is 10.0. The van der Waals surface area contributed by atoms with Crippen molar-refractivity contribution in [1.29, 1.82) is 0 Å². The van der Waals surface area contributed by atoms with Crippen molar-refractivity contribution in [3.05, 3.63) is 29.6 Å². The van der Waals surface area contributed by atoms with E-state index in [9.17, 15) is 4.79 Å². The van der Waals surface area contributed by atoms with Gasteiger partial charge >= 0.3 is 0 Å². The van der Waals surface area contributed by atoms with Crippen LogP contribution in [-0.4, -0.2) is 23.5 Å². The van der Waals surface area contributed by atoms with Gasteiger partial charge in [-0.25, -0.2) is 0 Å². The van der Waals surface area contributed by atoms with Crippen molar-refractivity contribution in [3.8, 4) is 0 Å². The molecule has 92 valence electrons. The van der Waals surface area contributed by atoms with Gasteiger partial charge in [0.1, 0.15) is 0 Å². The summed E-state index contributed by atoms with van der Waals surface area (Å²) < 4.78 is 0. The number of pyridine rings is 1. The van der Waals surface area contributed by atoms with Crippen LogP contribution in [0.1, 0.15) is 30.4 Å². The fourth-order valence-electron chi connectivity index (χ4n) is 2.08. The Hall–Kier alpha value is -1.42. The van der Waals surface area contributed by atoms with Crippen LogP contribution < -0.4 is 10.6 Å². The van der Waals surface area contributed by atoms with E-state index in [-0.39, 0.29) is 11.9 Å². The summed E-state index contributed by atoms with van der Waals surface area (Å²) in [6, 6.07) is 1.94. The summed E-state index contributed by atoms with van der Waals surface area (Å²) in [5.41, 5.74) is 2.24. The smallest absolute Gasteiger partial charge is 0.237 e. The first-order valence-electron chi connectivity index (χ1n) is 6.18. The molecule has 0 radical (unpaired) electrons.